The molecule has 19 heavy (non-hydrogen) atoms. The molecule has 1 aliphatic heterocycles. The zero-order valence-corrected chi connectivity index (χ0v) is 12.2. The first-order chi connectivity index (χ1) is 9.15. The number of ether oxygens (including phenoxy) is 2. The summed E-state index contributed by atoms with van der Waals surface area (Å²) in [4.78, 5) is 12.5. The van der Waals surface area contributed by atoms with E-state index in [1.54, 1.807) is 0 Å². The Kier molecular flexibility index (Phi) is 3.59. The molecule has 0 aromatic heterocycles. The van der Waals surface area contributed by atoms with Gasteiger partial charge in [-0.3, -0.25) is 4.79 Å². The molecular formula is C16H26O3. The Morgan fingerprint density at radius 1 is 1.26 bits per heavy atom. The van der Waals surface area contributed by atoms with Crippen LogP contribution in [0, 0.1) is 17.3 Å². The lowest BCUT2D eigenvalue weighted by Crippen LogP contribution is -2.44. The molecule has 2 aliphatic carbocycles. The fraction of sp³-hybridized carbons (Fsp3) is 0.938. The fourth-order valence-electron chi connectivity index (χ4n) is 4.46. The van der Waals surface area contributed by atoms with Crippen molar-refractivity contribution in [1.82, 2.24) is 0 Å². The quantitative estimate of drug-likeness (QED) is 0.581. The van der Waals surface area contributed by atoms with E-state index in [2.05, 4.69) is 6.92 Å². The van der Waals surface area contributed by atoms with Crippen molar-refractivity contribution in [2.24, 2.45) is 17.3 Å². The summed E-state index contributed by atoms with van der Waals surface area (Å²) in [5.41, 5.74) is -0.269. The van der Waals surface area contributed by atoms with Crippen LogP contribution in [0.3, 0.4) is 0 Å². The lowest BCUT2D eigenvalue weighted by atomic mass is 9.61. The third-order valence-electron chi connectivity index (χ3n) is 5.75. The van der Waals surface area contributed by atoms with E-state index in [4.69, 9.17) is 9.47 Å². The highest BCUT2D eigenvalue weighted by molar-refractivity contribution is 5.77. The zero-order chi connectivity index (χ0) is 13.5. The highest BCUT2D eigenvalue weighted by atomic mass is 16.6. The van der Waals surface area contributed by atoms with Crippen LogP contribution in [0.2, 0.25) is 0 Å². The average Bonchev–Trinajstić information content (AvgIpc) is 3.16. The van der Waals surface area contributed by atoms with Crippen LogP contribution in [0.4, 0.5) is 0 Å². The van der Waals surface area contributed by atoms with Crippen LogP contribution in [0.5, 0.6) is 0 Å². The van der Waals surface area contributed by atoms with E-state index in [0.717, 1.165) is 19.3 Å². The molecule has 2 saturated carbocycles. The summed E-state index contributed by atoms with van der Waals surface area (Å²) in [6.45, 7) is 2.22. The lowest BCUT2D eigenvalue weighted by molar-refractivity contribution is -0.160. The highest BCUT2D eigenvalue weighted by Crippen LogP contribution is 2.54. The van der Waals surface area contributed by atoms with Crippen LogP contribution >= 0.6 is 0 Å². The topological polar surface area (TPSA) is 38.8 Å². The number of hydrogen-bond acceptors (Lipinski definition) is 3. The van der Waals surface area contributed by atoms with Crippen LogP contribution in [-0.4, -0.2) is 25.3 Å². The molecule has 3 fully saturated rings. The van der Waals surface area contributed by atoms with E-state index >= 15 is 0 Å². The third kappa shape index (κ3) is 2.42. The van der Waals surface area contributed by atoms with Crippen LogP contribution in [0.15, 0.2) is 0 Å². The minimum atomic E-state index is -0.269. The first-order valence-corrected chi connectivity index (χ1v) is 7.89. The Morgan fingerprint density at radius 3 is 2.68 bits per heavy atom. The van der Waals surface area contributed by atoms with Crippen molar-refractivity contribution < 1.29 is 14.3 Å². The molecule has 0 aromatic carbocycles. The molecule has 0 N–H and O–H groups in total. The maximum atomic E-state index is 12.5. The van der Waals surface area contributed by atoms with Gasteiger partial charge in [-0.05, 0) is 31.1 Å². The third-order valence-corrected chi connectivity index (χ3v) is 5.75. The molecule has 0 radical (unpaired) electrons. The summed E-state index contributed by atoms with van der Waals surface area (Å²) in [6, 6.07) is 0. The largest absolute Gasteiger partial charge is 0.469 e. The van der Waals surface area contributed by atoms with Crippen LogP contribution < -0.4 is 0 Å². The molecule has 3 heteroatoms. The predicted molar refractivity (Wildman–Crippen MR) is 72.7 cm³/mol. The Morgan fingerprint density at radius 2 is 2.00 bits per heavy atom. The summed E-state index contributed by atoms with van der Waals surface area (Å²) >= 11 is 0. The van der Waals surface area contributed by atoms with Gasteiger partial charge in [0.15, 0.2) is 0 Å². The molecule has 4 atom stereocenters. The number of fused-ring (bicyclic) bond motifs is 1. The standard InChI is InChI=1S/C16H26O3/c1-11-8-13-14(19-13)10-16(11,15(17)18-2)9-12-6-4-3-5-7-12/h11-14H,3-10H2,1-2H3. The minimum Gasteiger partial charge on any atom is -0.469 e. The summed E-state index contributed by atoms with van der Waals surface area (Å²) < 4.78 is 10.9. The molecule has 3 nitrogen and oxygen atoms in total. The van der Waals surface area contributed by atoms with E-state index in [0.29, 0.717) is 24.0 Å². The van der Waals surface area contributed by atoms with Gasteiger partial charge in [0.05, 0.1) is 24.7 Å². The van der Waals surface area contributed by atoms with E-state index in [1.807, 2.05) is 0 Å². The summed E-state index contributed by atoms with van der Waals surface area (Å²) in [5, 5.41) is 0. The summed E-state index contributed by atoms with van der Waals surface area (Å²) in [7, 11) is 1.54. The minimum absolute atomic E-state index is 0.0134. The van der Waals surface area contributed by atoms with Gasteiger partial charge in [-0.15, -0.1) is 0 Å². The molecule has 0 spiro atoms. The first kappa shape index (κ1) is 13.4. The van der Waals surface area contributed by atoms with Crippen molar-refractivity contribution >= 4 is 5.97 Å². The van der Waals surface area contributed by atoms with Gasteiger partial charge in [0, 0.05) is 0 Å². The predicted octanol–water partition coefficient (Wildman–Crippen LogP) is 3.31. The van der Waals surface area contributed by atoms with E-state index < -0.39 is 0 Å². The Balaban J connectivity index is 1.77. The first-order valence-electron chi connectivity index (χ1n) is 7.89. The number of carbonyl (C=O) groups excluding carboxylic acids is 1. The van der Waals surface area contributed by atoms with Crippen LogP contribution in [0.25, 0.3) is 0 Å². The number of esters is 1. The molecule has 0 bridgehead atoms. The summed E-state index contributed by atoms with van der Waals surface area (Å²) in [6.07, 6.45) is 10.3. The SMILES string of the molecule is COC(=O)C1(CC2CCCCC2)CC2OC2CC1C. The van der Waals surface area contributed by atoms with Gasteiger partial charge in [0.1, 0.15) is 0 Å². The number of hydrogen-bond donors (Lipinski definition) is 0. The molecule has 3 aliphatic rings. The van der Waals surface area contributed by atoms with E-state index in [9.17, 15) is 4.79 Å². The number of epoxide rings is 1. The number of carbonyl (C=O) groups is 1. The van der Waals surface area contributed by atoms with Gasteiger partial charge in [-0.1, -0.05) is 39.0 Å². The smallest absolute Gasteiger partial charge is 0.312 e. The average molecular weight is 266 g/mol. The van der Waals surface area contributed by atoms with Gasteiger partial charge in [-0.25, -0.2) is 0 Å². The lowest BCUT2D eigenvalue weighted by Gasteiger charge is -2.41. The fourth-order valence-corrected chi connectivity index (χ4v) is 4.46. The number of rotatable bonds is 3. The van der Waals surface area contributed by atoms with Crippen molar-refractivity contribution in [1.29, 1.82) is 0 Å². The Labute approximate surface area is 116 Å². The Bertz CT molecular complexity index is 348. The van der Waals surface area contributed by atoms with Gasteiger partial charge < -0.3 is 9.47 Å². The second-order valence-electron chi connectivity index (χ2n) is 6.91. The van der Waals surface area contributed by atoms with Gasteiger partial charge in [0.25, 0.3) is 0 Å². The van der Waals surface area contributed by atoms with Gasteiger partial charge in [0.2, 0.25) is 0 Å². The number of methoxy groups -OCH3 is 1. The zero-order valence-electron chi connectivity index (χ0n) is 12.2. The van der Waals surface area contributed by atoms with Crippen LogP contribution in [0.1, 0.15) is 58.3 Å². The van der Waals surface area contributed by atoms with Crippen molar-refractivity contribution in [2.75, 3.05) is 7.11 Å². The van der Waals surface area contributed by atoms with Crippen molar-refractivity contribution in [2.45, 2.75) is 70.5 Å². The second-order valence-corrected chi connectivity index (χ2v) is 6.91. The maximum absolute atomic E-state index is 12.5. The second kappa shape index (κ2) is 5.08. The molecule has 4 unspecified atom stereocenters. The molecule has 3 rings (SSSR count). The van der Waals surface area contributed by atoms with Gasteiger partial charge >= 0.3 is 5.97 Å². The van der Waals surface area contributed by atoms with Crippen molar-refractivity contribution in [3.63, 3.8) is 0 Å². The van der Waals surface area contributed by atoms with Gasteiger partial charge in [-0.2, -0.15) is 0 Å². The Hall–Kier alpha value is -0.570. The van der Waals surface area contributed by atoms with Crippen molar-refractivity contribution in [3.05, 3.63) is 0 Å². The van der Waals surface area contributed by atoms with E-state index in [-0.39, 0.29) is 11.4 Å². The molecular weight excluding hydrogens is 240 g/mol. The molecule has 108 valence electrons. The van der Waals surface area contributed by atoms with Crippen LogP contribution in [-0.2, 0) is 14.3 Å². The van der Waals surface area contributed by atoms with Crippen molar-refractivity contribution in [3.8, 4) is 0 Å². The summed E-state index contributed by atoms with van der Waals surface area (Å²) in [5.74, 6) is 1.12. The maximum Gasteiger partial charge on any atom is 0.312 e. The molecule has 1 saturated heterocycles. The molecule has 0 aromatic rings. The highest BCUT2D eigenvalue weighted by Gasteiger charge is 2.58. The normalized spacial score (nSPS) is 42.5. The molecule has 1 heterocycles. The monoisotopic (exact) mass is 266 g/mol. The molecule has 0 amide bonds. The van der Waals surface area contributed by atoms with E-state index in [1.165, 1.54) is 39.2 Å².